The first-order valence-corrected chi connectivity index (χ1v) is 5.65. The first kappa shape index (κ1) is 11.3. The average Bonchev–Trinajstić information content (AvgIpc) is 2.64. The molecule has 1 heterocycles. The van der Waals surface area contributed by atoms with Crippen molar-refractivity contribution in [1.82, 2.24) is 5.32 Å². The molecule has 5 nitrogen and oxygen atoms in total. The number of hydrogen-bond donors (Lipinski definition) is 1. The molecule has 0 radical (unpaired) electrons. The summed E-state index contributed by atoms with van der Waals surface area (Å²) in [6, 6.07) is 0. The van der Waals surface area contributed by atoms with E-state index in [0.29, 0.717) is 10.9 Å². The maximum atomic E-state index is 10.2. The van der Waals surface area contributed by atoms with Crippen molar-refractivity contribution in [3.63, 3.8) is 0 Å². The monoisotopic (exact) mass is 218 g/mol. The summed E-state index contributed by atoms with van der Waals surface area (Å²) in [7, 11) is 0. The highest BCUT2D eigenvalue weighted by Gasteiger charge is 2.15. The van der Waals surface area contributed by atoms with Gasteiger partial charge >= 0.3 is 0 Å². The smallest absolute Gasteiger partial charge is 0.263 e. The molecule has 0 amide bonds. The Hall–Kier alpha value is -0.750. The van der Waals surface area contributed by atoms with Gasteiger partial charge in [-0.25, -0.2) is 0 Å². The van der Waals surface area contributed by atoms with Crippen LogP contribution in [0, 0.1) is 16.0 Å². The van der Waals surface area contributed by atoms with Gasteiger partial charge < -0.3 is 10.1 Å². The van der Waals surface area contributed by atoms with E-state index in [1.807, 2.05) is 6.26 Å². The lowest BCUT2D eigenvalue weighted by atomic mass is 10.1. The van der Waals surface area contributed by atoms with E-state index in [1.54, 1.807) is 0 Å². The van der Waals surface area contributed by atoms with Crippen molar-refractivity contribution < 1.29 is 9.66 Å². The number of ether oxygens (including phenoxy) is 1. The Morgan fingerprint density at radius 3 is 3.14 bits per heavy atom. The van der Waals surface area contributed by atoms with Crippen molar-refractivity contribution in [3.8, 4) is 0 Å². The van der Waals surface area contributed by atoms with E-state index in [-0.39, 0.29) is 0 Å². The quantitative estimate of drug-likeness (QED) is 0.552. The zero-order valence-corrected chi connectivity index (χ0v) is 8.88. The fraction of sp³-hybridized carbons (Fsp3) is 0.750. The molecule has 1 aliphatic heterocycles. The maximum Gasteiger partial charge on any atom is 0.263 e. The average molecular weight is 218 g/mol. The van der Waals surface area contributed by atoms with Gasteiger partial charge in [-0.1, -0.05) is 0 Å². The summed E-state index contributed by atoms with van der Waals surface area (Å²) in [6.07, 6.45) is 3.85. The minimum atomic E-state index is -0.440. The molecule has 1 rings (SSSR count). The highest BCUT2D eigenvalue weighted by Crippen LogP contribution is 2.13. The van der Waals surface area contributed by atoms with Crippen LogP contribution in [0.2, 0.25) is 0 Å². The fourth-order valence-corrected chi connectivity index (χ4v) is 1.67. The van der Waals surface area contributed by atoms with Crippen LogP contribution in [0.15, 0.2) is 11.2 Å². The summed E-state index contributed by atoms with van der Waals surface area (Å²) in [5.74, 6) is 0.484. The molecule has 0 aromatic heterocycles. The van der Waals surface area contributed by atoms with Gasteiger partial charge in [-0.15, -0.1) is 11.8 Å². The molecular formula is C8H14N2O3S. The number of nitrogens with zero attached hydrogens (tertiary/aromatic N) is 1. The van der Waals surface area contributed by atoms with E-state index in [1.165, 1.54) is 11.8 Å². The third kappa shape index (κ3) is 3.97. The number of nitrogens with one attached hydrogen (secondary N) is 1. The lowest BCUT2D eigenvalue weighted by molar-refractivity contribution is -0.403. The van der Waals surface area contributed by atoms with E-state index >= 15 is 0 Å². The van der Waals surface area contributed by atoms with Gasteiger partial charge in [0.15, 0.2) is 0 Å². The van der Waals surface area contributed by atoms with Crippen LogP contribution in [0.25, 0.3) is 0 Å². The molecule has 1 N–H and O–H groups in total. The molecule has 1 fully saturated rings. The molecule has 0 spiro atoms. The van der Waals surface area contributed by atoms with Crippen LogP contribution in [0.4, 0.5) is 0 Å². The second kappa shape index (κ2) is 5.87. The van der Waals surface area contributed by atoms with E-state index in [2.05, 4.69) is 5.32 Å². The molecule has 1 aliphatic rings. The van der Waals surface area contributed by atoms with Crippen LogP contribution in [-0.2, 0) is 4.74 Å². The Morgan fingerprint density at radius 1 is 1.86 bits per heavy atom. The minimum absolute atomic E-state index is 0.440. The van der Waals surface area contributed by atoms with Crippen molar-refractivity contribution in [2.75, 3.05) is 26.0 Å². The van der Waals surface area contributed by atoms with Gasteiger partial charge in [0, 0.05) is 19.1 Å². The number of rotatable bonds is 5. The predicted octanol–water partition coefficient (Wildman–Crippen LogP) is 1.05. The summed E-state index contributed by atoms with van der Waals surface area (Å²) < 4.78 is 5.20. The Morgan fingerprint density at radius 2 is 2.64 bits per heavy atom. The molecule has 0 aromatic rings. The van der Waals surface area contributed by atoms with Crippen molar-refractivity contribution in [2.45, 2.75) is 6.42 Å². The summed E-state index contributed by atoms with van der Waals surface area (Å²) in [5.41, 5.74) is 0. The standard InChI is InChI=1S/C8H14N2O3S/c1-14-8(5-10(11)12)9-4-7-2-3-13-6-7/h5,7,9H,2-4,6H2,1H3/b8-5-. The second-order valence-corrected chi connectivity index (χ2v) is 3.94. The summed E-state index contributed by atoms with van der Waals surface area (Å²) in [4.78, 5) is 9.78. The fourth-order valence-electron chi connectivity index (χ4n) is 1.26. The van der Waals surface area contributed by atoms with E-state index < -0.39 is 4.92 Å². The van der Waals surface area contributed by atoms with E-state index in [4.69, 9.17) is 4.74 Å². The maximum absolute atomic E-state index is 10.2. The van der Waals surface area contributed by atoms with Gasteiger partial charge in [-0.3, -0.25) is 10.1 Å². The van der Waals surface area contributed by atoms with Crippen LogP contribution in [-0.4, -0.2) is 30.9 Å². The van der Waals surface area contributed by atoms with Gasteiger partial charge in [0.1, 0.15) is 5.03 Å². The topological polar surface area (TPSA) is 64.4 Å². The second-order valence-electron chi connectivity index (χ2n) is 3.09. The van der Waals surface area contributed by atoms with Crippen molar-refractivity contribution in [1.29, 1.82) is 0 Å². The molecule has 6 heteroatoms. The SMILES string of the molecule is CS/C(=C\[N+](=O)[O-])NCC1CCOC1. The lowest BCUT2D eigenvalue weighted by Gasteiger charge is -2.09. The van der Waals surface area contributed by atoms with Crippen LogP contribution < -0.4 is 5.32 Å². The van der Waals surface area contributed by atoms with Crippen LogP contribution >= 0.6 is 11.8 Å². The molecule has 0 aromatic carbocycles. The van der Waals surface area contributed by atoms with E-state index in [9.17, 15) is 10.1 Å². The molecule has 0 bridgehead atoms. The van der Waals surface area contributed by atoms with Crippen LogP contribution in [0.1, 0.15) is 6.42 Å². The largest absolute Gasteiger partial charge is 0.381 e. The third-order valence-corrected chi connectivity index (χ3v) is 2.72. The zero-order valence-electron chi connectivity index (χ0n) is 8.06. The molecule has 1 saturated heterocycles. The van der Waals surface area contributed by atoms with Gasteiger partial charge in [0.05, 0.1) is 11.5 Å². The highest BCUT2D eigenvalue weighted by atomic mass is 32.2. The number of thioether (sulfide) groups is 1. The molecule has 1 unspecified atom stereocenters. The minimum Gasteiger partial charge on any atom is -0.381 e. The molecule has 0 saturated carbocycles. The normalized spacial score (nSPS) is 22.4. The molecule has 80 valence electrons. The Balaban J connectivity index is 2.29. The lowest BCUT2D eigenvalue weighted by Crippen LogP contribution is -2.21. The van der Waals surface area contributed by atoms with Gasteiger partial charge in [-0.05, 0) is 12.7 Å². The highest BCUT2D eigenvalue weighted by molar-refractivity contribution is 8.02. The Kier molecular flexibility index (Phi) is 4.75. The summed E-state index contributed by atoms with van der Waals surface area (Å²) in [6.45, 7) is 2.31. The van der Waals surface area contributed by atoms with Crippen molar-refractivity contribution in [2.24, 2.45) is 5.92 Å². The number of nitro groups is 1. The number of hydrogen-bond acceptors (Lipinski definition) is 5. The van der Waals surface area contributed by atoms with Crippen molar-refractivity contribution in [3.05, 3.63) is 21.3 Å². The van der Waals surface area contributed by atoms with Crippen molar-refractivity contribution >= 4 is 11.8 Å². The van der Waals surface area contributed by atoms with Crippen LogP contribution in [0.3, 0.4) is 0 Å². The summed E-state index contributed by atoms with van der Waals surface area (Å²) >= 11 is 1.35. The first-order chi connectivity index (χ1) is 6.72. The summed E-state index contributed by atoms with van der Waals surface area (Å²) in [5, 5.41) is 13.9. The van der Waals surface area contributed by atoms with Gasteiger partial charge in [0.2, 0.25) is 0 Å². The first-order valence-electron chi connectivity index (χ1n) is 4.43. The third-order valence-electron chi connectivity index (χ3n) is 2.03. The zero-order chi connectivity index (χ0) is 10.4. The van der Waals surface area contributed by atoms with Crippen LogP contribution in [0.5, 0.6) is 0 Å². The van der Waals surface area contributed by atoms with E-state index in [0.717, 1.165) is 32.4 Å². The Labute approximate surface area is 87.0 Å². The van der Waals surface area contributed by atoms with Gasteiger partial charge in [0.25, 0.3) is 6.20 Å². The molecular weight excluding hydrogens is 204 g/mol. The predicted molar refractivity (Wildman–Crippen MR) is 55.5 cm³/mol. The molecule has 0 aliphatic carbocycles. The molecule has 1 atom stereocenters. The Bertz CT molecular complexity index is 227. The van der Waals surface area contributed by atoms with Gasteiger partial charge in [-0.2, -0.15) is 0 Å². The molecule has 14 heavy (non-hydrogen) atoms.